The summed E-state index contributed by atoms with van der Waals surface area (Å²) < 4.78 is 4.06. The van der Waals surface area contributed by atoms with Gasteiger partial charge in [-0.3, -0.25) is 9.69 Å². The van der Waals surface area contributed by atoms with Gasteiger partial charge in [-0.05, 0) is 50.7 Å². The van der Waals surface area contributed by atoms with Crippen LogP contribution >= 0.6 is 11.5 Å². The van der Waals surface area contributed by atoms with Crippen LogP contribution in [0.4, 0.5) is 0 Å². The lowest BCUT2D eigenvalue weighted by atomic mass is 9.73. The van der Waals surface area contributed by atoms with Crippen molar-refractivity contribution in [2.45, 2.75) is 58.9 Å². The van der Waals surface area contributed by atoms with E-state index in [1.54, 1.807) is 0 Å². The number of piperidine rings is 2. The topological polar surface area (TPSA) is 49.3 Å². The fourth-order valence-corrected chi connectivity index (χ4v) is 4.71. The molecule has 0 N–H and O–H groups in total. The number of aromatic nitrogens is 2. The first-order chi connectivity index (χ1) is 11.1. The molecule has 3 heterocycles. The molecule has 23 heavy (non-hydrogen) atoms. The predicted molar refractivity (Wildman–Crippen MR) is 92.3 cm³/mol. The predicted octanol–water partition coefficient (Wildman–Crippen LogP) is 2.85. The van der Waals surface area contributed by atoms with E-state index >= 15 is 0 Å². The zero-order valence-electron chi connectivity index (χ0n) is 14.4. The Labute approximate surface area is 143 Å². The molecular weight excluding hydrogens is 308 g/mol. The normalized spacial score (nSPS) is 26.2. The first kappa shape index (κ1) is 16.8. The molecule has 1 atom stereocenters. The van der Waals surface area contributed by atoms with Gasteiger partial charge in [-0.15, -0.1) is 5.10 Å². The highest BCUT2D eigenvalue weighted by molar-refractivity contribution is 7.05. The molecule has 0 bridgehead atoms. The minimum atomic E-state index is 0.311. The number of nitrogens with zero attached hydrogens (tertiary/aromatic N) is 4. The minimum Gasteiger partial charge on any atom is -0.342 e. The van der Waals surface area contributed by atoms with Gasteiger partial charge in [-0.2, -0.15) is 0 Å². The van der Waals surface area contributed by atoms with Crippen molar-refractivity contribution < 1.29 is 4.79 Å². The van der Waals surface area contributed by atoms with Gasteiger partial charge in [0.2, 0.25) is 5.91 Å². The van der Waals surface area contributed by atoms with Gasteiger partial charge < -0.3 is 4.90 Å². The van der Waals surface area contributed by atoms with Crippen LogP contribution in [-0.2, 0) is 11.3 Å². The molecule has 2 aliphatic rings. The largest absolute Gasteiger partial charge is 0.342 e. The Bertz CT molecular complexity index is 546. The third-order valence-corrected chi connectivity index (χ3v) is 6.19. The van der Waals surface area contributed by atoms with Crippen LogP contribution < -0.4 is 0 Å². The Morgan fingerprint density at radius 2 is 2.17 bits per heavy atom. The maximum absolute atomic E-state index is 12.2. The van der Waals surface area contributed by atoms with Crippen LogP contribution in [0.5, 0.6) is 0 Å². The summed E-state index contributed by atoms with van der Waals surface area (Å²) in [6.45, 7) is 9.37. The lowest BCUT2D eigenvalue weighted by Crippen LogP contribution is -2.53. The van der Waals surface area contributed by atoms with E-state index in [4.69, 9.17) is 0 Å². The summed E-state index contributed by atoms with van der Waals surface area (Å²) in [6.07, 6.45) is 6.57. The Balaban J connectivity index is 1.64. The summed E-state index contributed by atoms with van der Waals surface area (Å²) in [5, 5.41) is 4.13. The van der Waals surface area contributed by atoms with Crippen LogP contribution in [0, 0.1) is 12.3 Å². The second-order valence-electron chi connectivity index (χ2n) is 7.26. The Kier molecular flexibility index (Phi) is 5.31. The van der Waals surface area contributed by atoms with Crippen molar-refractivity contribution in [3.05, 3.63) is 10.6 Å². The zero-order valence-corrected chi connectivity index (χ0v) is 15.2. The van der Waals surface area contributed by atoms with Gasteiger partial charge in [0, 0.05) is 38.0 Å². The van der Waals surface area contributed by atoms with Crippen LogP contribution in [0.1, 0.15) is 56.0 Å². The SMILES string of the molecule is CCCCN1C[C@@]2(CCCN(Cc3snnc3C)C2)CCC1=O. The van der Waals surface area contributed by atoms with Crippen LogP contribution in [0.15, 0.2) is 0 Å². The van der Waals surface area contributed by atoms with Gasteiger partial charge in [-0.25, -0.2) is 0 Å². The first-order valence-electron chi connectivity index (χ1n) is 8.90. The van der Waals surface area contributed by atoms with Gasteiger partial charge in [0.05, 0.1) is 10.6 Å². The van der Waals surface area contributed by atoms with Crippen LogP contribution in [0.25, 0.3) is 0 Å². The molecule has 0 radical (unpaired) electrons. The van der Waals surface area contributed by atoms with Crippen molar-refractivity contribution >= 4 is 17.4 Å². The Morgan fingerprint density at radius 3 is 2.91 bits per heavy atom. The zero-order chi connectivity index (χ0) is 16.3. The molecule has 0 saturated carbocycles. The average Bonchev–Trinajstić information content (AvgIpc) is 2.94. The summed E-state index contributed by atoms with van der Waals surface area (Å²) in [5.74, 6) is 0.365. The van der Waals surface area contributed by atoms with E-state index in [9.17, 15) is 4.79 Å². The molecule has 0 aromatic carbocycles. The number of carbonyl (C=O) groups excluding carboxylic acids is 1. The van der Waals surface area contributed by atoms with Crippen molar-refractivity contribution in [3.8, 4) is 0 Å². The fourth-order valence-electron chi connectivity index (χ4n) is 4.03. The molecule has 1 amide bonds. The number of rotatable bonds is 5. The maximum Gasteiger partial charge on any atom is 0.222 e. The van der Waals surface area contributed by atoms with E-state index in [-0.39, 0.29) is 0 Å². The summed E-state index contributed by atoms with van der Waals surface area (Å²) >= 11 is 1.52. The van der Waals surface area contributed by atoms with E-state index in [2.05, 4.69) is 26.3 Å². The van der Waals surface area contributed by atoms with E-state index < -0.39 is 0 Å². The molecule has 2 aliphatic heterocycles. The lowest BCUT2D eigenvalue weighted by Gasteiger charge is -2.48. The number of amides is 1. The summed E-state index contributed by atoms with van der Waals surface area (Å²) in [5.41, 5.74) is 1.38. The number of likely N-dealkylation sites (tertiary alicyclic amines) is 2. The molecule has 3 rings (SSSR count). The number of carbonyl (C=O) groups is 1. The standard InChI is InChI=1S/C17H28N4OS/c1-3-4-10-21-13-17(8-6-16(21)22)7-5-9-20(12-17)11-15-14(2)18-19-23-15/h3-13H2,1-2H3/t17-/m0/s1. The van der Waals surface area contributed by atoms with Crippen LogP contribution in [0.3, 0.4) is 0 Å². The van der Waals surface area contributed by atoms with Crippen molar-refractivity contribution in [1.82, 2.24) is 19.4 Å². The van der Waals surface area contributed by atoms with Crippen molar-refractivity contribution in [3.63, 3.8) is 0 Å². The first-order valence-corrected chi connectivity index (χ1v) is 9.67. The smallest absolute Gasteiger partial charge is 0.222 e. The van der Waals surface area contributed by atoms with Crippen molar-refractivity contribution in [1.29, 1.82) is 0 Å². The molecule has 2 saturated heterocycles. The molecule has 0 aliphatic carbocycles. The second-order valence-corrected chi connectivity index (χ2v) is 8.10. The molecule has 1 spiro atoms. The van der Waals surface area contributed by atoms with Gasteiger partial charge in [0.1, 0.15) is 0 Å². The van der Waals surface area contributed by atoms with E-state index in [1.165, 1.54) is 29.3 Å². The highest BCUT2D eigenvalue weighted by atomic mass is 32.1. The van der Waals surface area contributed by atoms with E-state index in [1.807, 2.05) is 6.92 Å². The molecule has 5 nitrogen and oxygen atoms in total. The van der Waals surface area contributed by atoms with Gasteiger partial charge in [0.25, 0.3) is 0 Å². The number of hydrogen-bond acceptors (Lipinski definition) is 5. The minimum absolute atomic E-state index is 0.311. The van der Waals surface area contributed by atoms with Crippen molar-refractivity contribution in [2.24, 2.45) is 5.41 Å². The third-order valence-electron chi connectivity index (χ3n) is 5.38. The number of unbranched alkanes of at least 4 members (excludes halogenated alkanes) is 1. The fraction of sp³-hybridized carbons (Fsp3) is 0.824. The van der Waals surface area contributed by atoms with Gasteiger partial charge in [0.15, 0.2) is 0 Å². The highest BCUT2D eigenvalue weighted by Crippen LogP contribution is 2.39. The molecule has 1 aromatic rings. The van der Waals surface area contributed by atoms with E-state index in [0.29, 0.717) is 11.3 Å². The molecule has 0 unspecified atom stereocenters. The van der Waals surface area contributed by atoms with Crippen molar-refractivity contribution in [2.75, 3.05) is 26.2 Å². The van der Waals surface area contributed by atoms with Crippen LogP contribution in [-0.4, -0.2) is 51.5 Å². The Morgan fingerprint density at radius 1 is 1.30 bits per heavy atom. The lowest BCUT2D eigenvalue weighted by molar-refractivity contribution is -0.139. The highest BCUT2D eigenvalue weighted by Gasteiger charge is 2.41. The molecule has 2 fully saturated rings. The quantitative estimate of drug-likeness (QED) is 0.829. The Hall–Kier alpha value is -1.01. The summed E-state index contributed by atoms with van der Waals surface area (Å²) in [6, 6.07) is 0. The average molecular weight is 337 g/mol. The summed E-state index contributed by atoms with van der Waals surface area (Å²) in [7, 11) is 0. The third kappa shape index (κ3) is 3.91. The molecule has 1 aromatic heterocycles. The number of hydrogen-bond donors (Lipinski definition) is 0. The van der Waals surface area contributed by atoms with Crippen LogP contribution in [0.2, 0.25) is 0 Å². The molecule has 6 heteroatoms. The number of aryl methyl sites for hydroxylation is 1. The molecule has 128 valence electrons. The van der Waals surface area contributed by atoms with Gasteiger partial charge >= 0.3 is 0 Å². The maximum atomic E-state index is 12.2. The second kappa shape index (κ2) is 7.26. The monoisotopic (exact) mass is 336 g/mol. The molecular formula is C17H28N4OS. The van der Waals surface area contributed by atoms with Gasteiger partial charge in [-0.1, -0.05) is 17.8 Å². The summed E-state index contributed by atoms with van der Waals surface area (Å²) in [4.78, 5) is 18.2. The van der Waals surface area contributed by atoms with E-state index in [0.717, 1.165) is 64.1 Å².